The Labute approximate surface area is 129 Å². The second-order valence-electron chi connectivity index (χ2n) is 6.27. The van der Waals surface area contributed by atoms with Gasteiger partial charge >= 0.3 is 0 Å². The molecule has 0 heterocycles. The Hall–Kier alpha value is -1.10. The van der Waals surface area contributed by atoms with Gasteiger partial charge in [-0.25, -0.2) is 0 Å². The molecule has 0 spiro atoms. The molecule has 0 saturated carbocycles. The summed E-state index contributed by atoms with van der Waals surface area (Å²) in [4.78, 5) is 4.59. The number of hydrogen-bond acceptors (Lipinski definition) is 4. The van der Waals surface area contributed by atoms with Crippen molar-refractivity contribution in [3.8, 4) is 5.75 Å². The van der Waals surface area contributed by atoms with Crippen molar-refractivity contribution in [2.75, 3.05) is 47.9 Å². The number of hydrogen-bond donors (Lipinski definition) is 1. The first-order valence-corrected chi connectivity index (χ1v) is 7.60. The topological polar surface area (TPSA) is 41.7 Å². The summed E-state index contributed by atoms with van der Waals surface area (Å²) in [5.41, 5.74) is 7.42. The van der Waals surface area contributed by atoms with Gasteiger partial charge < -0.3 is 15.4 Å². The van der Waals surface area contributed by atoms with E-state index < -0.39 is 0 Å². The van der Waals surface area contributed by atoms with Gasteiger partial charge in [0.25, 0.3) is 0 Å². The summed E-state index contributed by atoms with van der Waals surface area (Å²) in [5, 5.41) is 0. The van der Waals surface area contributed by atoms with E-state index in [1.807, 2.05) is 12.1 Å². The summed E-state index contributed by atoms with van der Waals surface area (Å²) in [6.45, 7) is 5.01. The van der Waals surface area contributed by atoms with Gasteiger partial charge in [-0.3, -0.25) is 4.90 Å². The number of likely N-dealkylation sites (N-methyl/N-ethyl adjacent to an activating group) is 2. The monoisotopic (exact) mass is 293 g/mol. The van der Waals surface area contributed by atoms with E-state index in [1.54, 1.807) is 7.11 Å². The Bertz CT molecular complexity index is 405. The van der Waals surface area contributed by atoms with Crippen molar-refractivity contribution < 1.29 is 4.74 Å². The summed E-state index contributed by atoms with van der Waals surface area (Å²) in [6, 6.07) is 8.31. The average Bonchev–Trinajstić information content (AvgIpc) is 2.50. The van der Waals surface area contributed by atoms with Crippen LogP contribution in [-0.2, 0) is 6.42 Å². The minimum atomic E-state index is 0.0376. The van der Waals surface area contributed by atoms with Gasteiger partial charge in [0.2, 0.25) is 0 Å². The van der Waals surface area contributed by atoms with Crippen molar-refractivity contribution in [1.29, 1.82) is 0 Å². The first-order valence-electron chi connectivity index (χ1n) is 7.60. The fourth-order valence-corrected chi connectivity index (χ4v) is 2.27. The lowest BCUT2D eigenvalue weighted by atomic mass is 9.91. The average molecular weight is 293 g/mol. The standard InChI is InChI=1S/C17H31N3O/c1-17(14-18,20(4)13-12-19(2)3)11-10-15-6-8-16(21-5)9-7-15/h6-9H,10-14,18H2,1-5H3. The number of ether oxygens (including phenoxy) is 1. The number of rotatable bonds is 9. The van der Waals surface area contributed by atoms with E-state index in [9.17, 15) is 0 Å². The molecule has 0 aliphatic rings. The summed E-state index contributed by atoms with van der Waals surface area (Å²) in [7, 11) is 8.07. The van der Waals surface area contributed by atoms with Crippen LogP contribution in [0.5, 0.6) is 5.75 Å². The van der Waals surface area contributed by atoms with Crippen LogP contribution in [0.15, 0.2) is 24.3 Å². The molecule has 0 aliphatic heterocycles. The molecule has 120 valence electrons. The molecule has 1 aromatic carbocycles. The number of nitrogens with two attached hydrogens (primary N) is 1. The van der Waals surface area contributed by atoms with E-state index >= 15 is 0 Å². The van der Waals surface area contributed by atoms with Gasteiger partial charge in [0.15, 0.2) is 0 Å². The van der Waals surface area contributed by atoms with Crippen molar-refractivity contribution in [3.63, 3.8) is 0 Å². The lowest BCUT2D eigenvalue weighted by molar-refractivity contribution is 0.124. The Morgan fingerprint density at radius 3 is 2.19 bits per heavy atom. The fourth-order valence-electron chi connectivity index (χ4n) is 2.27. The largest absolute Gasteiger partial charge is 0.497 e. The molecule has 2 N–H and O–H groups in total. The van der Waals surface area contributed by atoms with Crippen LogP contribution in [0.1, 0.15) is 18.9 Å². The van der Waals surface area contributed by atoms with Gasteiger partial charge in [-0.05, 0) is 58.6 Å². The van der Waals surface area contributed by atoms with Crippen molar-refractivity contribution >= 4 is 0 Å². The van der Waals surface area contributed by atoms with Crippen LogP contribution in [0, 0.1) is 0 Å². The van der Waals surface area contributed by atoms with Crippen LogP contribution in [0.3, 0.4) is 0 Å². The quantitative estimate of drug-likeness (QED) is 0.754. The molecule has 1 aromatic rings. The van der Waals surface area contributed by atoms with E-state index in [0.717, 1.165) is 31.7 Å². The molecule has 0 saturated heterocycles. The number of benzene rings is 1. The van der Waals surface area contributed by atoms with Gasteiger partial charge in [-0.1, -0.05) is 12.1 Å². The zero-order valence-electron chi connectivity index (χ0n) is 14.2. The fraction of sp³-hybridized carbons (Fsp3) is 0.647. The molecular weight excluding hydrogens is 262 g/mol. The number of aryl methyl sites for hydroxylation is 1. The molecule has 0 aliphatic carbocycles. The maximum absolute atomic E-state index is 6.05. The smallest absolute Gasteiger partial charge is 0.118 e. The molecule has 0 fully saturated rings. The van der Waals surface area contributed by atoms with Crippen LogP contribution in [0.2, 0.25) is 0 Å². The number of nitrogens with zero attached hydrogens (tertiary/aromatic N) is 2. The molecule has 1 atom stereocenters. The molecule has 0 aromatic heterocycles. The lowest BCUT2D eigenvalue weighted by Crippen LogP contribution is -2.51. The zero-order valence-corrected chi connectivity index (χ0v) is 14.2. The minimum absolute atomic E-state index is 0.0376. The Morgan fingerprint density at radius 1 is 1.10 bits per heavy atom. The molecule has 0 bridgehead atoms. The van der Waals surface area contributed by atoms with Gasteiger partial charge in [0.05, 0.1) is 7.11 Å². The van der Waals surface area contributed by atoms with E-state index in [2.05, 4.69) is 50.0 Å². The molecule has 1 unspecified atom stereocenters. The predicted molar refractivity (Wildman–Crippen MR) is 90.0 cm³/mol. The first kappa shape index (κ1) is 18.0. The minimum Gasteiger partial charge on any atom is -0.497 e. The molecule has 0 radical (unpaired) electrons. The summed E-state index contributed by atoms with van der Waals surface area (Å²) in [5.74, 6) is 0.906. The predicted octanol–water partition coefficient (Wildman–Crippen LogP) is 1.84. The van der Waals surface area contributed by atoms with Crippen molar-refractivity contribution in [3.05, 3.63) is 29.8 Å². The van der Waals surface area contributed by atoms with Crippen LogP contribution in [-0.4, -0.2) is 63.2 Å². The van der Waals surface area contributed by atoms with Crippen molar-refractivity contribution in [2.45, 2.75) is 25.3 Å². The molecule has 4 heteroatoms. The highest BCUT2D eigenvalue weighted by Gasteiger charge is 2.27. The third-order valence-electron chi connectivity index (χ3n) is 4.36. The van der Waals surface area contributed by atoms with Crippen LogP contribution in [0.25, 0.3) is 0 Å². The third-order valence-corrected chi connectivity index (χ3v) is 4.36. The molecule has 1 rings (SSSR count). The lowest BCUT2D eigenvalue weighted by Gasteiger charge is -2.39. The summed E-state index contributed by atoms with van der Waals surface area (Å²) < 4.78 is 5.20. The second kappa shape index (κ2) is 8.37. The Kier molecular flexibility index (Phi) is 7.15. The van der Waals surface area contributed by atoms with Crippen LogP contribution in [0.4, 0.5) is 0 Å². The van der Waals surface area contributed by atoms with Gasteiger partial charge in [-0.15, -0.1) is 0 Å². The molecule has 4 nitrogen and oxygen atoms in total. The molecule has 21 heavy (non-hydrogen) atoms. The number of methoxy groups -OCH3 is 1. The van der Waals surface area contributed by atoms with E-state index in [1.165, 1.54) is 5.56 Å². The van der Waals surface area contributed by atoms with E-state index in [-0.39, 0.29) is 5.54 Å². The normalized spacial score (nSPS) is 14.5. The van der Waals surface area contributed by atoms with Crippen molar-refractivity contribution in [1.82, 2.24) is 9.80 Å². The maximum Gasteiger partial charge on any atom is 0.118 e. The van der Waals surface area contributed by atoms with E-state index in [0.29, 0.717) is 6.54 Å². The third kappa shape index (κ3) is 5.65. The maximum atomic E-state index is 6.05. The van der Waals surface area contributed by atoms with Crippen molar-refractivity contribution in [2.24, 2.45) is 5.73 Å². The SMILES string of the molecule is COc1ccc(CCC(C)(CN)N(C)CCN(C)C)cc1. The summed E-state index contributed by atoms with van der Waals surface area (Å²) >= 11 is 0. The zero-order chi connectivity index (χ0) is 15.9. The van der Waals surface area contributed by atoms with Gasteiger partial charge in [-0.2, -0.15) is 0 Å². The van der Waals surface area contributed by atoms with Crippen LogP contribution >= 0.6 is 0 Å². The van der Waals surface area contributed by atoms with E-state index in [4.69, 9.17) is 10.5 Å². The van der Waals surface area contributed by atoms with Gasteiger partial charge in [0, 0.05) is 25.2 Å². The first-order chi connectivity index (χ1) is 9.91. The molecule has 0 amide bonds. The van der Waals surface area contributed by atoms with Crippen LogP contribution < -0.4 is 10.5 Å². The second-order valence-corrected chi connectivity index (χ2v) is 6.27. The Morgan fingerprint density at radius 2 is 1.71 bits per heavy atom. The highest BCUT2D eigenvalue weighted by atomic mass is 16.5. The highest BCUT2D eigenvalue weighted by Crippen LogP contribution is 2.21. The summed E-state index contributed by atoms with van der Waals surface area (Å²) in [6.07, 6.45) is 2.09. The van der Waals surface area contributed by atoms with Gasteiger partial charge in [0.1, 0.15) is 5.75 Å². The molecular formula is C17H31N3O. The Balaban J connectivity index is 2.58. The highest BCUT2D eigenvalue weighted by molar-refractivity contribution is 5.27.